The van der Waals surface area contributed by atoms with Crippen molar-refractivity contribution in [3.05, 3.63) is 11.4 Å². The molecule has 0 aliphatic carbocycles. The summed E-state index contributed by atoms with van der Waals surface area (Å²) in [5.41, 5.74) is 1.05. The fourth-order valence-corrected chi connectivity index (χ4v) is 0.268. The molecule has 0 radical (unpaired) electrons. The summed E-state index contributed by atoms with van der Waals surface area (Å²) >= 11 is 0. The Morgan fingerprint density at radius 1 is 1.70 bits per heavy atom. The number of carbonyl (C=O) groups is 1. The van der Waals surface area contributed by atoms with E-state index in [1.165, 1.54) is 21.0 Å². The van der Waals surface area contributed by atoms with Crippen LogP contribution in [0.5, 0.6) is 0 Å². The Balaban J connectivity index is 4.09. The van der Waals surface area contributed by atoms with Gasteiger partial charge in [-0.25, -0.2) is 12.1 Å². The average molecular weight is 142 g/mol. The molecule has 56 valence electrons. The van der Waals surface area contributed by atoms with E-state index in [1.807, 2.05) is 0 Å². The first kappa shape index (κ1) is 8.92. The van der Waals surface area contributed by atoms with Crippen LogP contribution >= 0.6 is 0 Å². The quantitative estimate of drug-likeness (QED) is 0.447. The third-order valence-electron chi connectivity index (χ3n) is 1.03. The molecule has 4 heteroatoms. The fourth-order valence-electron chi connectivity index (χ4n) is 0.268. The predicted molar refractivity (Wildman–Crippen MR) is 35.8 cm³/mol. The summed E-state index contributed by atoms with van der Waals surface area (Å²) in [7, 11) is 1.33. The molecule has 0 aromatic heterocycles. The third-order valence-corrected chi connectivity index (χ3v) is 1.03. The van der Waals surface area contributed by atoms with Crippen LogP contribution in [0, 0.1) is 6.57 Å². The van der Waals surface area contributed by atoms with E-state index < -0.39 is 11.4 Å². The van der Waals surface area contributed by atoms with E-state index in [4.69, 9.17) is 6.57 Å². The molecule has 4 nitrogen and oxygen atoms in total. The highest BCUT2D eigenvalue weighted by Crippen LogP contribution is 2.07. The normalized spacial score (nSPS) is 10.2. The van der Waals surface area contributed by atoms with E-state index in [2.05, 4.69) is 15.2 Å². The molecule has 0 aliphatic rings. The Kier molecular flexibility index (Phi) is 2.84. The van der Waals surface area contributed by atoms with Crippen molar-refractivity contribution in [2.24, 2.45) is 0 Å². The van der Waals surface area contributed by atoms with Crippen LogP contribution in [0.3, 0.4) is 0 Å². The smallest absolute Gasteiger partial charge is 0.300 e. The van der Waals surface area contributed by atoms with Crippen LogP contribution in [0.1, 0.15) is 13.8 Å². The van der Waals surface area contributed by atoms with Crippen LogP contribution in [0.2, 0.25) is 0 Å². The van der Waals surface area contributed by atoms with E-state index >= 15 is 0 Å². The lowest BCUT2D eigenvalue weighted by atomic mass is 10.1. The number of nitrogens with one attached hydrogen (secondary N) is 1. The topological polar surface area (TPSA) is 42.7 Å². The molecule has 0 aliphatic heterocycles. The zero-order chi connectivity index (χ0) is 8.20. The summed E-state index contributed by atoms with van der Waals surface area (Å²) in [5.74, 6) is -0.426. The van der Waals surface area contributed by atoms with Gasteiger partial charge in [0.05, 0.1) is 7.11 Å². The number of amides is 1. The van der Waals surface area contributed by atoms with Crippen LogP contribution in [-0.4, -0.2) is 18.6 Å². The molecule has 0 aromatic rings. The Bertz CT molecular complexity index is 169. The molecule has 0 unspecified atom stereocenters. The van der Waals surface area contributed by atoms with Gasteiger partial charge in [0.25, 0.3) is 0 Å². The lowest BCUT2D eigenvalue weighted by Gasteiger charge is -2.08. The highest BCUT2D eigenvalue weighted by molar-refractivity contribution is 5.86. The van der Waals surface area contributed by atoms with E-state index in [-0.39, 0.29) is 0 Å². The number of carbonyl (C=O) groups excluding carboxylic acids is 1. The maximum absolute atomic E-state index is 10.8. The van der Waals surface area contributed by atoms with E-state index in [0.29, 0.717) is 0 Å². The Morgan fingerprint density at radius 2 is 2.20 bits per heavy atom. The summed E-state index contributed by atoms with van der Waals surface area (Å²) in [6.45, 7) is 9.67. The molecule has 0 rings (SSSR count). The van der Waals surface area contributed by atoms with Crippen molar-refractivity contribution in [1.82, 2.24) is 5.48 Å². The van der Waals surface area contributed by atoms with Crippen molar-refractivity contribution < 1.29 is 9.63 Å². The minimum Gasteiger partial charge on any atom is -0.300 e. The standard InChI is InChI=1S/C6H10N2O2/c1-6(2,7-3)5(9)8-10-4/h1-2,4H3,(H,8,9). The van der Waals surface area contributed by atoms with Crippen molar-refractivity contribution in [3.63, 3.8) is 0 Å². The van der Waals surface area contributed by atoms with Crippen LogP contribution in [0.15, 0.2) is 0 Å². The highest BCUT2D eigenvalue weighted by Gasteiger charge is 2.33. The van der Waals surface area contributed by atoms with Crippen molar-refractivity contribution in [3.8, 4) is 0 Å². The second kappa shape index (κ2) is 3.18. The molecule has 0 bridgehead atoms. The van der Waals surface area contributed by atoms with Gasteiger partial charge in [0.2, 0.25) is 0 Å². The maximum atomic E-state index is 10.8. The molecular formula is C6H10N2O2. The molecule has 0 saturated heterocycles. The van der Waals surface area contributed by atoms with Gasteiger partial charge >= 0.3 is 11.4 Å². The molecular weight excluding hydrogens is 132 g/mol. The zero-order valence-corrected chi connectivity index (χ0v) is 6.26. The summed E-state index contributed by atoms with van der Waals surface area (Å²) in [4.78, 5) is 18.3. The minimum atomic E-state index is -1.03. The lowest BCUT2D eigenvalue weighted by molar-refractivity contribution is -0.134. The van der Waals surface area contributed by atoms with E-state index in [1.54, 1.807) is 0 Å². The number of hydrogen-bond acceptors (Lipinski definition) is 2. The van der Waals surface area contributed by atoms with Gasteiger partial charge in [-0.05, 0) is 0 Å². The number of hydroxylamine groups is 1. The van der Waals surface area contributed by atoms with Gasteiger partial charge in [-0.15, -0.1) is 0 Å². The summed E-state index contributed by atoms with van der Waals surface area (Å²) in [6, 6.07) is 0. The van der Waals surface area contributed by atoms with Gasteiger partial charge in [0.15, 0.2) is 0 Å². The first-order valence-electron chi connectivity index (χ1n) is 2.76. The summed E-state index contributed by atoms with van der Waals surface area (Å²) < 4.78 is 0. The Labute approximate surface area is 59.9 Å². The van der Waals surface area contributed by atoms with Crippen molar-refractivity contribution in [1.29, 1.82) is 0 Å². The second-order valence-corrected chi connectivity index (χ2v) is 2.31. The number of nitrogens with zero attached hydrogens (tertiary/aromatic N) is 1. The predicted octanol–water partition coefficient (Wildman–Crippen LogP) is 0.362. The molecule has 0 atom stereocenters. The van der Waals surface area contributed by atoms with Gasteiger partial charge in [-0.3, -0.25) is 9.63 Å². The van der Waals surface area contributed by atoms with Crippen LogP contribution in [-0.2, 0) is 9.63 Å². The van der Waals surface area contributed by atoms with Gasteiger partial charge < -0.3 is 4.85 Å². The average Bonchev–Trinajstić information content (AvgIpc) is 1.89. The first-order chi connectivity index (χ1) is 4.54. The van der Waals surface area contributed by atoms with E-state index in [0.717, 1.165) is 0 Å². The molecule has 0 spiro atoms. The van der Waals surface area contributed by atoms with E-state index in [9.17, 15) is 4.79 Å². The molecule has 1 amide bonds. The minimum absolute atomic E-state index is 0.426. The van der Waals surface area contributed by atoms with Crippen LogP contribution in [0.4, 0.5) is 0 Å². The van der Waals surface area contributed by atoms with Crippen LogP contribution < -0.4 is 5.48 Å². The van der Waals surface area contributed by atoms with Crippen LogP contribution in [0.25, 0.3) is 4.85 Å². The first-order valence-corrected chi connectivity index (χ1v) is 2.76. The van der Waals surface area contributed by atoms with Gasteiger partial charge in [0, 0.05) is 13.8 Å². The molecule has 0 saturated carbocycles. The molecule has 0 aromatic carbocycles. The molecule has 10 heavy (non-hydrogen) atoms. The molecule has 0 heterocycles. The fraction of sp³-hybridized carbons (Fsp3) is 0.667. The zero-order valence-electron chi connectivity index (χ0n) is 6.26. The van der Waals surface area contributed by atoms with Crippen molar-refractivity contribution >= 4 is 5.91 Å². The molecule has 0 fully saturated rings. The number of rotatable bonds is 2. The second-order valence-electron chi connectivity index (χ2n) is 2.31. The summed E-state index contributed by atoms with van der Waals surface area (Å²) in [5, 5.41) is 0. The van der Waals surface area contributed by atoms with Crippen molar-refractivity contribution in [2.75, 3.05) is 7.11 Å². The number of hydrogen-bond donors (Lipinski definition) is 1. The third kappa shape index (κ3) is 2.03. The highest BCUT2D eigenvalue weighted by atomic mass is 16.6. The van der Waals surface area contributed by atoms with Gasteiger partial charge in [-0.1, -0.05) is 0 Å². The Morgan fingerprint density at radius 3 is 2.50 bits per heavy atom. The summed E-state index contributed by atoms with van der Waals surface area (Å²) in [6.07, 6.45) is 0. The maximum Gasteiger partial charge on any atom is 0.329 e. The largest absolute Gasteiger partial charge is 0.329 e. The Hall–Kier alpha value is -1.08. The van der Waals surface area contributed by atoms with Crippen molar-refractivity contribution in [2.45, 2.75) is 19.4 Å². The lowest BCUT2D eigenvalue weighted by Crippen LogP contribution is -2.38. The molecule has 1 N–H and O–H groups in total. The van der Waals surface area contributed by atoms with Gasteiger partial charge in [-0.2, -0.15) is 0 Å². The van der Waals surface area contributed by atoms with Gasteiger partial charge in [0.1, 0.15) is 0 Å². The SMILES string of the molecule is [C-]#[N+]C(C)(C)C(=O)NOC. The monoisotopic (exact) mass is 142 g/mol.